The van der Waals surface area contributed by atoms with Gasteiger partial charge < -0.3 is 18.9 Å². The lowest BCUT2D eigenvalue weighted by atomic mass is 10.1. The first-order valence-electron chi connectivity index (χ1n) is 22.4. The van der Waals surface area contributed by atoms with Crippen LogP contribution in [0, 0.1) is 0 Å². The number of hydrogen-bond donors (Lipinski definition) is 1. The number of allylic oxidation sites excluding steroid dienone is 8. The topological polar surface area (TPSA) is 91.3 Å². The molecule has 0 aliphatic rings. The minimum absolute atomic E-state index is 0.0833. The highest BCUT2D eigenvalue weighted by molar-refractivity contribution is 7.47. The number of unbranched alkanes of at least 4 members (excludes halogenated alkanes) is 19. The summed E-state index contributed by atoms with van der Waals surface area (Å²) in [5.74, 6) is -0.329. The molecule has 2 unspecified atom stereocenters. The van der Waals surface area contributed by atoms with Crippen LogP contribution in [-0.2, 0) is 27.9 Å². The van der Waals surface area contributed by atoms with Crippen LogP contribution in [0.2, 0.25) is 0 Å². The van der Waals surface area contributed by atoms with Gasteiger partial charge in [0.05, 0.1) is 34.4 Å². The quantitative estimate of drug-likeness (QED) is 0.0217. The second-order valence-corrected chi connectivity index (χ2v) is 17.5. The summed E-state index contributed by atoms with van der Waals surface area (Å²) in [6.07, 6.45) is 47.1. The number of hydrogen-bond acceptors (Lipinski definition) is 6. The zero-order chi connectivity index (χ0) is 40.6. The van der Waals surface area contributed by atoms with Crippen LogP contribution in [0.4, 0.5) is 0 Å². The Balaban J connectivity index is 4.26. The van der Waals surface area contributed by atoms with Gasteiger partial charge in [0.25, 0.3) is 0 Å². The van der Waals surface area contributed by atoms with Crippen LogP contribution in [0.15, 0.2) is 48.6 Å². The Morgan fingerprint density at radius 1 is 0.564 bits per heavy atom. The first kappa shape index (κ1) is 53.5. The van der Waals surface area contributed by atoms with E-state index in [1.807, 2.05) is 21.1 Å². The smallest absolute Gasteiger partial charge is 0.457 e. The van der Waals surface area contributed by atoms with E-state index in [1.54, 1.807) is 0 Å². The van der Waals surface area contributed by atoms with Crippen molar-refractivity contribution in [2.75, 3.05) is 54.1 Å². The molecule has 55 heavy (non-hydrogen) atoms. The molecule has 0 radical (unpaired) electrons. The first-order valence-corrected chi connectivity index (χ1v) is 23.9. The Morgan fingerprint density at radius 2 is 1.00 bits per heavy atom. The molecule has 0 amide bonds. The molecule has 0 rings (SSSR count). The van der Waals surface area contributed by atoms with Gasteiger partial charge in [0, 0.05) is 13.0 Å². The van der Waals surface area contributed by atoms with Crippen molar-refractivity contribution in [3.05, 3.63) is 48.6 Å². The molecule has 0 bridgehead atoms. The van der Waals surface area contributed by atoms with Crippen LogP contribution in [-0.4, -0.2) is 75.6 Å². The molecule has 0 aliphatic heterocycles. The molecule has 0 aromatic rings. The van der Waals surface area contributed by atoms with E-state index in [1.165, 1.54) is 103 Å². The largest absolute Gasteiger partial charge is 0.472 e. The van der Waals surface area contributed by atoms with E-state index in [4.69, 9.17) is 18.5 Å². The van der Waals surface area contributed by atoms with Gasteiger partial charge >= 0.3 is 13.8 Å². The highest BCUT2D eigenvalue weighted by Gasteiger charge is 2.26. The third-order valence-electron chi connectivity index (χ3n) is 9.36. The molecule has 0 spiro atoms. The summed E-state index contributed by atoms with van der Waals surface area (Å²) in [5, 5.41) is 0. The number of quaternary nitrogens is 1. The second kappa shape index (κ2) is 39.3. The molecule has 8 nitrogen and oxygen atoms in total. The van der Waals surface area contributed by atoms with Crippen molar-refractivity contribution in [1.29, 1.82) is 0 Å². The van der Waals surface area contributed by atoms with Crippen molar-refractivity contribution in [3.8, 4) is 0 Å². The molecule has 2 atom stereocenters. The summed E-state index contributed by atoms with van der Waals surface area (Å²) in [7, 11) is 1.65. The van der Waals surface area contributed by atoms with Crippen molar-refractivity contribution in [3.63, 3.8) is 0 Å². The normalized spacial score (nSPS) is 14.2. The summed E-state index contributed by atoms with van der Waals surface area (Å²) in [4.78, 5) is 22.9. The fourth-order valence-corrected chi connectivity index (χ4v) is 6.59. The molecule has 9 heteroatoms. The third kappa shape index (κ3) is 43.4. The Labute approximate surface area is 339 Å². The number of likely N-dealkylation sites (N-methyl/N-ethyl adjacent to an activating group) is 1. The molecular formula is C46H87NO7P+. The van der Waals surface area contributed by atoms with Crippen molar-refractivity contribution >= 4 is 13.8 Å². The van der Waals surface area contributed by atoms with Gasteiger partial charge in [-0.3, -0.25) is 13.8 Å². The number of ether oxygens (including phenoxy) is 2. The van der Waals surface area contributed by atoms with Gasteiger partial charge in [0.15, 0.2) is 0 Å². The number of phosphoric ester groups is 1. The lowest BCUT2D eigenvalue weighted by Crippen LogP contribution is -2.37. The fraction of sp³-hybridized carbons (Fsp3) is 0.804. The monoisotopic (exact) mass is 797 g/mol. The first-order chi connectivity index (χ1) is 26.6. The Morgan fingerprint density at radius 3 is 1.55 bits per heavy atom. The summed E-state index contributed by atoms with van der Waals surface area (Å²) in [6, 6.07) is 0. The highest BCUT2D eigenvalue weighted by Crippen LogP contribution is 2.43. The van der Waals surface area contributed by atoms with E-state index in [0.29, 0.717) is 24.1 Å². The van der Waals surface area contributed by atoms with Gasteiger partial charge in [-0.25, -0.2) is 4.57 Å². The maximum atomic E-state index is 12.7. The van der Waals surface area contributed by atoms with E-state index >= 15 is 0 Å². The van der Waals surface area contributed by atoms with Crippen LogP contribution in [0.5, 0.6) is 0 Å². The Hall–Kier alpha value is -1.54. The van der Waals surface area contributed by atoms with Gasteiger partial charge in [0.1, 0.15) is 19.3 Å². The predicted octanol–water partition coefficient (Wildman–Crippen LogP) is 13.2. The summed E-state index contributed by atoms with van der Waals surface area (Å²) >= 11 is 0. The number of carbonyl (C=O) groups is 1. The van der Waals surface area contributed by atoms with E-state index in [-0.39, 0.29) is 25.8 Å². The highest BCUT2D eigenvalue weighted by atomic mass is 31.2. The molecule has 0 fully saturated rings. The molecule has 0 aliphatic carbocycles. The lowest BCUT2D eigenvalue weighted by molar-refractivity contribution is -0.870. The maximum Gasteiger partial charge on any atom is 0.472 e. The second-order valence-electron chi connectivity index (χ2n) is 16.1. The predicted molar refractivity (Wildman–Crippen MR) is 233 cm³/mol. The van der Waals surface area contributed by atoms with Crippen molar-refractivity contribution < 1.29 is 37.3 Å². The zero-order valence-corrected chi connectivity index (χ0v) is 37.3. The molecule has 0 aromatic carbocycles. The lowest BCUT2D eigenvalue weighted by Gasteiger charge is -2.24. The summed E-state index contributed by atoms with van der Waals surface area (Å²) < 4.78 is 35.0. The molecule has 0 saturated heterocycles. The molecule has 0 saturated carbocycles. The summed E-state index contributed by atoms with van der Waals surface area (Å²) in [6.45, 7) is 5.55. The number of carbonyl (C=O) groups excluding carboxylic acids is 1. The Kier molecular flexibility index (Phi) is 38.2. The van der Waals surface area contributed by atoms with Crippen molar-refractivity contribution in [2.24, 2.45) is 0 Å². The number of esters is 1. The number of nitrogens with zero attached hydrogens (tertiary/aromatic N) is 1. The van der Waals surface area contributed by atoms with Gasteiger partial charge in [-0.05, 0) is 77.0 Å². The molecule has 1 N–H and O–H groups in total. The fourth-order valence-electron chi connectivity index (χ4n) is 5.85. The van der Waals surface area contributed by atoms with Crippen LogP contribution in [0.1, 0.15) is 181 Å². The van der Waals surface area contributed by atoms with E-state index in [2.05, 4.69) is 62.5 Å². The SMILES string of the molecule is CCCCC/C=C\C/C=C\C/C=C\CCCCCCCCC(=O)OC(COCCCCCCCC/C=C\CCCCCC)COP(=O)(O)OCC[N+](C)(C)C. The summed E-state index contributed by atoms with van der Waals surface area (Å²) in [5.41, 5.74) is 0. The molecular weight excluding hydrogens is 709 g/mol. The molecule has 0 aromatic heterocycles. The molecule has 322 valence electrons. The van der Waals surface area contributed by atoms with E-state index in [9.17, 15) is 14.3 Å². The van der Waals surface area contributed by atoms with Crippen LogP contribution in [0.3, 0.4) is 0 Å². The minimum Gasteiger partial charge on any atom is -0.457 e. The zero-order valence-electron chi connectivity index (χ0n) is 36.4. The van der Waals surface area contributed by atoms with Gasteiger partial charge in [0.2, 0.25) is 0 Å². The average molecular weight is 797 g/mol. The van der Waals surface area contributed by atoms with E-state index in [0.717, 1.165) is 57.8 Å². The molecule has 0 heterocycles. The van der Waals surface area contributed by atoms with E-state index < -0.39 is 13.9 Å². The number of phosphoric acid groups is 1. The van der Waals surface area contributed by atoms with Gasteiger partial charge in [-0.2, -0.15) is 0 Å². The minimum atomic E-state index is -4.28. The van der Waals surface area contributed by atoms with Crippen LogP contribution in [0.25, 0.3) is 0 Å². The standard InChI is InChI=1S/C46H86NO7P/c1-6-8-10-12-14-16-18-20-22-23-24-25-26-27-29-31-33-35-37-39-46(48)54-45(44-53-55(49,50)52-42-40-47(3,4)5)43-51-41-38-36-34-32-30-28-21-19-17-15-13-11-9-7-2/h14,16-17,19-20,22,24-25,45H,6-13,15,18,21,23,26-44H2,1-5H3/p+1/b16-14-,19-17-,22-20-,25-24-. The van der Waals surface area contributed by atoms with Gasteiger partial charge in [-0.15, -0.1) is 0 Å². The van der Waals surface area contributed by atoms with Crippen LogP contribution < -0.4 is 0 Å². The van der Waals surface area contributed by atoms with Crippen LogP contribution >= 0.6 is 7.82 Å². The average Bonchev–Trinajstić information content (AvgIpc) is 3.13. The number of rotatable bonds is 41. The van der Waals surface area contributed by atoms with Gasteiger partial charge in [-0.1, -0.05) is 146 Å². The maximum absolute atomic E-state index is 12.7. The Bertz CT molecular complexity index is 1020. The third-order valence-corrected chi connectivity index (χ3v) is 10.3. The van der Waals surface area contributed by atoms with Crippen molar-refractivity contribution in [2.45, 2.75) is 187 Å². The van der Waals surface area contributed by atoms with Crippen molar-refractivity contribution in [1.82, 2.24) is 0 Å².